The molecule has 0 bridgehead atoms. The number of piperazine rings is 1. The fourth-order valence-electron chi connectivity index (χ4n) is 12.4. The highest BCUT2D eigenvalue weighted by Gasteiger charge is 2.50. The van der Waals surface area contributed by atoms with Gasteiger partial charge in [0.1, 0.15) is 17.9 Å². The van der Waals surface area contributed by atoms with Crippen LogP contribution in [0.25, 0.3) is 11.0 Å². The summed E-state index contributed by atoms with van der Waals surface area (Å²) in [5.74, 6) is -1.01. The molecule has 17 nitrogen and oxygen atoms in total. The van der Waals surface area contributed by atoms with E-state index >= 15 is 0 Å². The molecule has 394 valence electrons. The number of fused-ring (bicyclic) bond motifs is 3. The standard InChI is InChI=1S/C53H63F3N10O7S/c1-33(2)39-7-4-5-8-40(39)42-9-6-17-64(42)37-29-52(30-37)14-19-63(20-15-52)36-10-11-41(43(26-36)65-18-13-47(53(54,55)56)73-51-45(65)25-34-12-16-57-49(34)59-51)50(67)60-74(70,71)38-27-44(66(68)69)48-46(28-38)72-32-35(58-48)31-62-23-21-61(3)22-24-62/h4-5,7-8,10-12,16,25-28,33,35,37,42,47,58H,6,9,13-15,17-24,29-32H2,1-3H3,(H,57,59)(H,60,67)/t35-,42-,47+/m0/s1. The molecule has 1 aliphatic carbocycles. The second kappa shape index (κ2) is 19.5. The minimum absolute atomic E-state index is 0.0390. The maximum atomic E-state index is 14.6. The number of carbonyl (C=O) groups excluding carboxylic acids is 1. The number of sulfonamides is 1. The molecule has 0 radical (unpaired) electrons. The normalized spacial score (nSPS) is 22.9. The first-order chi connectivity index (χ1) is 35.4. The molecule has 3 aromatic carbocycles. The molecule has 11 rings (SSSR count). The van der Waals surface area contributed by atoms with Gasteiger partial charge in [-0.2, -0.15) is 18.2 Å². The molecule has 2 aromatic heterocycles. The van der Waals surface area contributed by atoms with Crippen LogP contribution in [0.2, 0.25) is 0 Å². The molecule has 0 unspecified atom stereocenters. The summed E-state index contributed by atoms with van der Waals surface area (Å²) in [6.45, 7) is 10.8. The van der Waals surface area contributed by atoms with Crippen LogP contribution in [0, 0.1) is 15.5 Å². The number of aromatic amines is 1. The van der Waals surface area contributed by atoms with Crippen molar-refractivity contribution in [1.82, 2.24) is 29.4 Å². The molecule has 1 amide bonds. The molecule has 21 heteroatoms. The molecule has 5 aromatic rings. The average Bonchev–Trinajstić information content (AvgIpc) is 4.01. The summed E-state index contributed by atoms with van der Waals surface area (Å²) in [5, 5.41) is 16.3. The molecule has 3 N–H and O–H groups in total. The summed E-state index contributed by atoms with van der Waals surface area (Å²) < 4.78 is 85.9. The Labute approximate surface area is 428 Å². The van der Waals surface area contributed by atoms with E-state index in [1.54, 1.807) is 35.4 Å². The van der Waals surface area contributed by atoms with Crippen LogP contribution in [-0.4, -0.2) is 141 Å². The van der Waals surface area contributed by atoms with Crippen LogP contribution in [-0.2, 0) is 10.0 Å². The number of nitro benzene ring substituents is 1. The lowest BCUT2D eigenvalue weighted by atomic mass is 9.59. The number of nitrogens with one attached hydrogen (secondary N) is 3. The van der Waals surface area contributed by atoms with Gasteiger partial charge in [-0.05, 0) is 105 Å². The number of likely N-dealkylation sites (N-methyl/N-ethyl adjacent to an activating group) is 1. The second-order valence-electron chi connectivity index (χ2n) is 21.5. The van der Waals surface area contributed by atoms with Gasteiger partial charge in [0.05, 0.1) is 27.1 Å². The number of amides is 1. The third-order valence-electron chi connectivity index (χ3n) is 16.4. The molecule has 1 saturated carbocycles. The SMILES string of the molecule is CC(C)c1ccccc1[C@@H]1CCCN1C1CC2(CCN(c3ccc(C(=O)NS(=O)(=O)c4cc5c(c([N+](=O)[O-])c4)N[C@@H](CN4CCN(C)CC4)CO5)c(N4CC[C@H](C(F)(F)F)Oc5nc6[nH]ccc6cc54)c3)CC2)C1. The van der Waals surface area contributed by atoms with Crippen molar-refractivity contribution in [2.45, 2.75) is 100 Å². The molecular weight excluding hydrogens is 978 g/mol. The summed E-state index contributed by atoms with van der Waals surface area (Å²) in [4.78, 5) is 44.2. The number of piperidine rings is 1. The number of likely N-dealkylation sites (tertiary alicyclic amines) is 1. The Morgan fingerprint density at radius 2 is 1.73 bits per heavy atom. The largest absolute Gasteiger partial charge is 0.489 e. The highest BCUT2D eigenvalue weighted by Crippen LogP contribution is 2.55. The smallest absolute Gasteiger partial charge is 0.425 e. The molecule has 3 atom stereocenters. The van der Waals surface area contributed by atoms with Gasteiger partial charge in [0.15, 0.2) is 17.5 Å². The van der Waals surface area contributed by atoms with Crippen molar-refractivity contribution in [2.75, 3.05) is 87.7 Å². The summed E-state index contributed by atoms with van der Waals surface area (Å²) in [6, 6.07) is 19.8. The molecule has 5 aliphatic heterocycles. The van der Waals surface area contributed by atoms with Gasteiger partial charge in [0, 0.05) is 100 Å². The van der Waals surface area contributed by atoms with E-state index < -0.39 is 50.1 Å². The monoisotopic (exact) mass is 1040 g/mol. The van der Waals surface area contributed by atoms with Crippen molar-refractivity contribution in [3.8, 4) is 11.6 Å². The summed E-state index contributed by atoms with van der Waals surface area (Å²) >= 11 is 0. The predicted molar refractivity (Wildman–Crippen MR) is 275 cm³/mol. The van der Waals surface area contributed by atoms with E-state index in [1.165, 1.54) is 23.6 Å². The zero-order chi connectivity index (χ0) is 51.7. The van der Waals surface area contributed by atoms with Crippen molar-refractivity contribution in [1.29, 1.82) is 0 Å². The Morgan fingerprint density at radius 3 is 2.47 bits per heavy atom. The maximum absolute atomic E-state index is 14.6. The van der Waals surface area contributed by atoms with Gasteiger partial charge in [0.2, 0.25) is 5.88 Å². The number of H-pyrrole nitrogens is 1. The van der Waals surface area contributed by atoms with Crippen LogP contribution < -0.4 is 29.3 Å². The van der Waals surface area contributed by atoms with Crippen molar-refractivity contribution in [3.05, 3.63) is 99.7 Å². The molecule has 1 spiro atoms. The van der Waals surface area contributed by atoms with Crippen molar-refractivity contribution in [3.63, 3.8) is 0 Å². The van der Waals surface area contributed by atoms with E-state index in [4.69, 9.17) is 9.47 Å². The number of benzene rings is 3. The first-order valence-electron chi connectivity index (χ1n) is 25.8. The van der Waals surface area contributed by atoms with Crippen molar-refractivity contribution < 1.29 is 40.8 Å². The minimum atomic E-state index is -4.83. The Hall–Kier alpha value is -6.16. The number of nitrogens with zero attached hydrogens (tertiary/aromatic N) is 7. The fourth-order valence-corrected chi connectivity index (χ4v) is 13.4. The highest BCUT2D eigenvalue weighted by molar-refractivity contribution is 7.90. The molecule has 4 fully saturated rings. The first-order valence-corrected chi connectivity index (χ1v) is 27.3. The van der Waals surface area contributed by atoms with Gasteiger partial charge >= 0.3 is 6.18 Å². The third kappa shape index (κ3) is 9.71. The van der Waals surface area contributed by atoms with Gasteiger partial charge < -0.3 is 34.5 Å². The first kappa shape index (κ1) is 50.0. The quantitative estimate of drug-likeness (QED) is 0.0845. The number of pyridine rings is 1. The van der Waals surface area contributed by atoms with E-state index in [0.717, 1.165) is 77.0 Å². The highest BCUT2D eigenvalue weighted by atomic mass is 32.2. The number of nitro groups is 1. The predicted octanol–water partition coefficient (Wildman–Crippen LogP) is 8.57. The number of aromatic nitrogens is 2. The molecule has 3 saturated heterocycles. The van der Waals surface area contributed by atoms with Gasteiger partial charge in [-0.1, -0.05) is 38.1 Å². The lowest BCUT2D eigenvalue weighted by Gasteiger charge is -2.56. The van der Waals surface area contributed by atoms with Crippen LogP contribution >= 0.6 is 0 Å². The molecular formula is C53H63F3N10O7S. The van der Waals surface area contributed by atoms with E-state index in [0.29, 0.717) is 54.4 Å². The molecule has 7 heterocycles. The van der Waals surface area contributed by atoms with Crippen molar-refractivity contribution >= 4 is 55.4 Å². The van der Waals surface area contributed by atoms with E-state index in [9.17, 15) is 36.5 Å². The van der Waals surface area contributed by atoms with Crippen LogP contribution in [0.15, 0.2) is 77.8 Å². The lowest BCUT2D eigenvalue weighted by Crippen LogP contribution is -2.55. The second-order valence-corrected chi connectivity index (χ2v) is 23.2. The number of ether oxygens (including phenoxy) is 2. The number of rotatable bonds is 11. The number of carbonyl (C=O) groups is 1. The van der Waals surface area contributed by atoms with E-state index in [1.807, 2.05) is 7.05 Å². The Bertz CT molecular complexity index is 3060. The van der Waals surface area contributed by atoms with Crippen LogP contribution in [0.4, 0.5) is 41.6 Å². The number of hydrogen-bond acceptors (Lipinski definition) is 14. The number of halogens is 3. The average molecular weight is 1040 g/mol. The number of anilines is 4. The lowest BCUT2D eigenvalue weighted by molar-refractivity contribution is -0.384. The summed E-state index contributed by atoms with van der Waals surface area (Å²) in [6.07, 6.45) is 0.517. The number of alkyl halides is 3. The molecule has 74 heavy (non-hydrogen) atoms. The Kier molecular flexibility index (Phi) is 13.2. The zero-order valence-corrected chi connectivity index (χ0v) is 42.7. The van der Waals surface area contributed by atoms with E-state index in [2.05, 4.69) is 77.7 Å². The summed E-state index contributed by atoms with van der Waals surface area (Å²) in [5.41, 5.74) is 3.70. The Balaban J connectivity index is 0.870. The van der Waals surface area contributed by atoms with Gasteiger partial charge in [-0.3, -0.25) is 24.7 Å². The van der Waals surface area contributed by atoms with E-state index in [-0.39, 0.29) is 58.9 Å². The number of hydrogen-bond donors (Lipinski definition) is 3. The molecule has 6 aliphatic rings. The van der Waals surface area contributed by atoms with Gasteiger partial charge in [0.25, 0.3) is 21.6 Å². The topological polar surface area (TPSA) is 182 Å². The third-order valence-corrected chi connectivity index (χ3v) is 17.8. The van der Waals surface area contributed by atoms with Crippen LogP contribution in [0.1, 0.15) is 92.2 Å². The minimum Gasteiger partial charge on any atom is -0.489 e. The maximum Gasteiger partial charge on any atom is 0.425 e. The zero-order valence-electron chi connectivity index (χ0n) is 41.9. The fraction of sp³-hybridized carbons (Fsp3) is 0.509. The van der Waals surface area contributed by atoms with Gasteiger partial charge in [-0.15, -0.1) is 0 Å². The van der Waals surface area contributed by atoms with Gasteiger partial charge in [-0.25, -0.2) is 13.1 Å². The Morgan fingerprint density at radius 1 is 0.959 bits per heavy atom. The van der Waals surface area contributed by atoms with Crippen molar-refractivity contribution in [2.24, 2.45) is 5.41 Å². The van der Waals surface area contributed by atoms with Crippen LogP contribution in [0.5, 0.6) is 11.6 Å². The summed E-state index contributed by atoms with van der Waals surface area (Å²) in [7, 11) is -2.78. The van der Waals surface area contributed by atoms with Crippen LogP contribution in [0.3, 0.4) is 0 Å².